The zero-order valence-corrected chi connectivity index (χ0v) is 13.9. The summed E-state index contributed by atoms with van der Waals surface area (Å²) in [6.45, 7) is 7.12. The van der Waals surface area contributed by atoms with Crippen molar-refractivity contribution in [1.29, 1.82) is 0 Å². The SMILES string of the molecule is Cc1cc(C)n(-c2ccc(C(=O)N3CCC(C(C)O)C3)cc2)n1. The molecule has 1 aliphatic rings. The summed E-state index contributed by atoms with van der Waals surface area (Å²) in [4.78, 5) is 14.4. The predicted octanol–water partition coefficient (Wildman–Crippen LogP) is 2.33. The first-order valence-electron chi connectivity index (χ1n) is 8.07. The summed E-state index contributed by atoms with van der Waals surface area (Å²) in [5, 5.41) is 14.1. The number of aryl methyl sites for hydroxylation is 2. The fraction of sp³-hybridized carbons (Fsp3) is 0.444. The van der Waals surface area contributed by atoms with E-state index in [-0.39, 0.29) is 17.9 Å². The lowest BCUT2D eigenvalue weighted by molar-refractivity contribution is 0.0762. The number of aliphatic hydroxyl groups excluding tert-OH is 1. The molecule has 2 unspecified atom stereocenters. The van der Waals surface area contributed by atoms with Crippen LogP contribution in [0, 0.1) is 19.8 Å². The van der Waals surface area contributed by atoms with Crippen molar-refractivity contribution >= 4 is 5.91 Å². The zero-order valence-electron chi connectivity index (χ0n) is 13.9. The first-order chi connectivity index (χ1) is 11.0. The quantitative estimate of drug-likeness (QED) is 0.946. The fourth-order valence-corrected chi connectivity index (χ4v) is 3.18. The number of carbonyl (C=O) groups excluding carboxylic acids is 1. The molecule has 0 bridgehead atoms. The van der Waals surface area contributed by atoms with E-state index < -0.39 is 0 Å². The summed E-state index contributed by atoms with van der Waals surface area (Å²) in [6.07, 6.45) is 0.508. The molecule has 1 saturated heterocycles. The van der Waals surface area contributed by atoms with E-state index in [0.29, 0.717) is 18.7 Å². The van der Waals surface area contributed by atoms with Gasteiger partial charge >= 0.3 is 0 Å². The molecule has 1 aromatic heterocycles. The van der Waals surface area contributed by atoms with Gasteiger partial charge in [0.05, 0.1) is 17.5 Å². The molecule has 1 aliphatic heterocycles. The largest absolute Gasteiger partial charge is 0.393 e. The van der Waals surface area contributed by atoms with E-state index in [0.717, 1.165) is 23.5 Å². The molecule has 2 heterocycles. The van der Waals surface area contributed by atoms with Crippen molar-refractivity contribution in [3.05, 3.63) is 47.3 Å². The van der Waals surface area contributed by atoms with Gasteiger partial charge in [-0.05, 0) is 57.5 Å². The van der Waals surface area contributed by atoms with Crippen molar-refractivity contribution in [2.75, 3.05) is 13.1 Å². The number of nitrogens with zero attached hydrogens (tertiary/aromatic N) is 3. The van der Waals surface area contributed by atoms with Gasteiger partial charge in [0, 0.05) is 30.3 Å². The fourth-order valence-electron chi connectivity index (χ4n) is 3.18. The zero-order chi connectivity index (χ0) is 16.6. The van der Waals surface area contributed by atoms with E-state index >= 15 is 0 Å². The summed E-state index contributed by atoms with van der Waals surface area (Å²) in [7, 11) is 0. The molecule has 0 aliphatic carbocycles. The van der Waals surface area contributed by atoms with Crippen LogP contribution in [0.2, 0.25) is 0 Å². The van der Waals surface area contributed by atoms with Gasteiger partial charge in [0.25, 0.3) is 5.91 Å². The molecule has 0 spiro atoms. The Bertz CT molecular complexity index is 704. The number of aromatic nitrogens is 2. The Morgan fingerprint density at radius 1 is 1.30 bits per heavy atom. The van der Waals surface area contributed by atoms with Gasteiger partial charge in [-0.2, -0.15) is 5.10 Å². The maximum absolute atomic E-state index is 12.6. The van der Waals surface area contributed by atoms with Crippen LogP contribution in [0.1, 0.15) is 35.1 Å². The van der Waals surface area contributed by atoms with E-state index in [2.05, 4.69) is 5.10 Å². The van der Waals surface area contributed by atoms with Gasteiger partial charge < -0.3 is 10.0 Å². The molecule has 5 nitrogen and oxygen atoms in total. The molecular weight excluding hydrogens is 290 g/mol. The lowest BCUT2D eigenvalue weighted by Crippen LogP contribution is -2.30. The number of hydrogen-bond acceptors (Lipinski definition) is 3. The normalized spacial score (nSPS) is 19.1. The molecular formula is C18H23N3O2. The summed E-state index contributed by atoms with van der Waals surface area (Å²) in [5.74, 6) is 0.223. The Morgan fingerprint density at radius 3 is 2.52 bits per heavy atom. The van der Waals surface area contributed by atoms with Gasteiger partial charge in [0.2, 0.25) is 0 Å². The molecule has 1 amide bonds. The second-order valence-electron chi connectivity index (χ2n) is 6.43. The first-order valence-corrected chi connectivity index (χ1v) is 8.07. The van der Waals surface area contributed by atoms with Crippen LogP contribution in [-0.4, -0.2) is 44.9 Å². The van der Waals surface area contributed by atoms with Gasteiger partial charge in [-0.3, -0.25) is 4.79 Å². The molecule has 122 valence electrons. The lowest BCUT2D eigenvalue weighted by atomic mass is 10.0. The maximum atomic E-state index is 12.6. The minimum absolute atomic E-state index is 0.0352. The predicted molar refractivity (Wildman–Crippen MR) is 88.7 cm³/mol. The number of hydrogen-bond donors (Lipinski definition) is 1. The minimum Gasteiger partial charge on any atom is -0.393 e. The third-order valence-corrected chi connectivity index (χ3v) is 4.56. The highest BCUT2D eigenvalue weighted by Gasteiger charge is 2.29. The van der Waals surface area contributed by atoms with Crippen molar-refractivity contribution < 1.29 is 9.90 Å². The molecule has 1 aromatic carbocycles. The Labute approximate surface area is 136 Å². The molecule has 0 saturated carbocycles. The molecule has 2 aromatic rings. The highest BCUT2D eigenvalue weighted by atomic mass is 16.3. The van der Waals surface area contributed by atoms with Crippen LogP contribution in [0.15, 0.2) is 30.3 Å². The highest BCUT2D eigenvalue weighted by Crippen LogP contribution is 2.22. The average molecular weight is 313 g/mol. The molecule has 1 N–H and O–H groups in total. The Kier molecular flexibility index (Phi) is 4.22. The van der Waals surface area contributed by atoms with Crippen molar-refractivity contribution in [2.45, 2.75) is 33.3 Å². The third-order valence-electron chi connectivity index (χ3n) is 4.56. The van der Waals surface area contributed by atoms with E-state index in [1.807, 2.05) is 53.8 Å². The summed E-state index contributed by atoms with van der Waals surface area (Å²) in [5.41, 5.74) is 3.68. The standard InChI is InChI=1S/C18H23N3O2/c1-12-10-13(2)21(19-12)17-6-4-15(5-7-17)18(23)20-9-8-16(11-20)14(3)22/h4-7,10,14,16,22H,8-9,11H2,1-3H3. The summed E-state index contributed by atoms with van der Waals surface area (Å²) >= 11 is 0. The molecule has 5 heteroatoms. The summed E-state index contributed by atoms with van der Waals surface area (Å²) < 4.78 is 1.88. The average Bonchev–Trinajstić information content (AvgIpc) is 3.13. The van der Waals surface area contributed by atoms with Crippen LogP contribution in [0.4, 0.5) is 0 Å². The Hall–Kier alpha value is -2.14. The minimum atomic E-state index is -0.360. The van der Waals surface area contributed by atoms with Crippen LogP contribution in [-0.2, 0) is 0 Å². The van der Waals surface area contributed by atoms with Crippen LogP contribution in [0.3, 0.4) is 0 Å². The van der Waals surface area contributed by atoms with Gasteiger partial charge in [0.15, 0.2) is 0 Å². The number of amides is 1. The summed E-state index contributed by atoms with van der Waals surface area (Å²) in [6, 6.07) is 9.58. The van der Waals surface area contributed by atoms with Crippen molar-refractivity contribution in [1.82, 2.24) is 14.7 Å². The van der Waals surface area contributed by atoms with Crippen molar-refractivity contribution in [3.63, 3.8) is 0 Å². The van der Waals surface area contributed by atoms with E-state index in [4.69, 9.17) is 0 Å². The molecule has 1 fully saturated rings. The van der Waals surface area contributed by atoms with Gasteiger partial charge in [-0.15, -0.1) is 0 Å². The monoisotopic (exact) mass is 313 g/mol. The van der Waals surface area contributed by atoms with E-state index in [1.54, 1.807) is 6.92 Å². The molecule has 23 heavy (non-hydrogen) atoms. The topological polar surface area (TPSA) is 58.4 Å². The van der Waals surface area contributed by atoms with Gasteiger partial charge in [-0.25, -0.2) is 4.68 Å². The highest BCUT2D eigenvalue weighted by molar-refractivity contribution is 5.94. The van der Waals surface area contributed by atoms with E-state index in [1.165, 1.54) is 0 Å². The third kappa shape index (κ3) is 3.15. The van der Waals surface area contributed by atoms with Crippen LogP contribution < -0.4 is 0 Å². The second-order valence-corrected chi connectivity index (χ2v) is 6.43. The number of benzene rings is 1. The van der Waals surface area contributed by atoms with Gasteiger partial charge in [-0.1, -0.05) is 0 Å². The van der Waals surface area contributed by atoms with Crippen LogP contribution in [0.5, 0.6) is 0 Å². The Morgan fingerprint density at radius 2 is 2.00 bits per heavy atom. The number of likely N-dealkylation sites (tertiary alicyclic amines) is 1. The Balaban J connectivity index is 1.75. The van der Waals surface area contributed by atoms with Crippen molar-refractivity contribution in [3.8, 4) is 5.69 Å². The van der Waals surface area contributed by atoms with Crippen molar-refractivity contribution in [2.24, 2.45) is 5.92 Å². The first kappa shape index (κ1) is 15.7. The second kappa shape index (κ2) is 6.16. The van der Waals surface area contributed by atoms with Crippen LogP contribution in [0.25, 0.3) is 5.69 Å². The number of aliphatic hydroxyl groups is 1. The molecule has 0 radical (unpaired) electrons. The number of carbonyl (C=O) groups is 1. The lowest BCUT2D eigenvalue weighted by Gasteiger charge is -2.18. The molecule has 2 atom stereocenters. The maximum Gasteiger partial charge on any atom is 0.253 e. The van der Waals surface area contributed by atoms with Gasteiger partial charge in [0.1, 0.15) is 0 Å². The smallest absolute Gasteiger partial charge is 0.253 e. The van der Waals surface area contributed by atoms with E-state index in [9.17, 15) is 9.90 Å². The number of rotatable bonds is 3. The molecule has 3 rings (SSSR count). The van der Waals surface area contributed by atoms with Crippen LogP contribution >= 0.6 is 0 Å².